The molecule has 0 atom stereocenters. The summed E-state index contributed by atoms with van der Waals surface area (Å²) in [4.78, 5) is 0. The summed E-state index contributed by atoms with van der Waals surface area (Å²) in [6.07, 6.45) is 1.64. The van der Waals surface area contributed by atoms with Crippen LogP contribution in [0.25, 0.3) is 0 Å². The van der Waals surface area contributed by atoms with Gasteiger partial charge in [-0.25, -0.2) is 0 Å². The molecule has 0 aliphatic rings. The van der Waals surface area contributed by atoms with Gasteiger partial charge in [-0.05, 0) is 5.41 Å². The molecule has 0 spiro atoms. The Morgan fingerprint density at radius 2 is 1.88 bits per heavy atom. The zero-order valence-electron chi connectivity index (χ0n) is 5.47. The van der Waals surface area contributed by atoms with Gasteiger partial charge in [-0.1, -0.05) is 26.0 Å². The van der Waals surface area contributed by atoms with Crippen LogP contribution < -0.4 is 0 Å². The maximum atomic E-state index is 6.31. The molecular formula is C5H11N3. The zero-order chi connectivity index (χ0) is 6.62. The molecular weight excluding hydrogens is 102 g/mol. The van der Waals surface area contributed by atoms with Crippen molar-refractivity contribution in [2.75, 3.05) is 0 Å². The van der Waals surface area contributed by atoms with Crippen molar-refractivity contribution in [1.29, 1.82) is 5.53 Å². The van der Waals surface area contributed by atoms with Crippen LogP contribution in [0.3, 0.4) is 0 Å². The van der Waals surface area contributed by atoms with Crippen LogP contribution in [0.15, 0.2) is 10.3 Å². The Morgan fingerprint density at radius 1 is 1.38 bits per heavy atom. The Bertz CT molecular complexity index is 98.7. The molecule has 0 fully saturated rings. The highest BCUT2D eigenvalue weighted by molar-refractivity contribution is 5.63. The summed E-state index contributed by atoms with van der Waals surface area (Å²) in [6.45, 7) is 6.00. The molecule has 0 aliphatic heterocycles. The molecule has 0 aliphatic carbocycles. The highest BCUT2D eigenvalue weighted by Crippen LogP contribution is 2.07. The van der Waals surface area contributed by atoms with E-state index in [-0.39, 0.29) is 5.41 Å². The Labute approximate surface area is 49.3 Å². The van der Waals surface area contributed by atoms with Crippen LogP contribution in [0.4, 0.5) is 0 Å². The second-order valence-electron chi connectivity index (χ2n) is 2.71. The van der Waals surface area contributed by atoms with Crippen LogP contribution in [-0.4, -0.2) is 6.21 Å². The van der Waals surface area contributed by atoms with Crippen LogP contribution in [0, 0.1) is 10.9 Å². The van der Waals surface area contributed by atoms with Crippen molar-refractivity contribution in [3.8, 4) is 0 Å². The third kappa shape index (κ3) is 5.27. The third-order valence-corrected chi connectivity index (χ3v) is 0.503. The first kappa shape index (κ1) is 7.27. The van der Waals surface area contributed by atoms with E-state index in [0.717, 1.165) is 0 Å². The molecule has 0 unspecified atom stereocenters. The summed E-state index contributed by atoms with van der Waals surface area (Å²) in [5.74, 6) is 0. The first-order valence-electron chi connectivity index (χ1n) is 2.47. The first-order chi connectivity index (χ1) is 3.56. The van der Waals surface area contributed by atoms with Gasteiger partial charge < -0.3 is 0 Å². The molecule has 1 N–H and O–H groups in total. The molecule has 0 heterocycles. The summed E-state index contributed by atoms with van der Waals surface area (Å²) >= 11 is 0. The van der Waals surface area contributed by atoms with Crippen molar-refractivity contribution >= 4 is 6.21 Å². The summed E-state index contributed by atoms with van der Waals surface area (Å²) in [5.41, 5.74) is 6.36. The maximum absolute atomic E-state index is 6.31. The fourth-order valence-electron chi connectivity index (χ4n) is 0.202. The number of nitrogens with zero attached hydrogens (tertiary/aromatic N) is 2. The molecule has 0 amide bonds. The topological polar surface area (TPSA) is 48.6 Å². The average molecular weight is 113 g/mol. The highest BCUT2D eigenvalue weighted by Gasteiger charge is 2.03. The fraction of sp³-hybridized carbons (Fsp3) is 0.800. The SMILES string of the molecule is CC(C)(C)/C=N/N=N. The van der Waals surface area contributed by atoms with Crippen LogP contribution in [0.5, 0.6) is 0 Å². The lowest BCUT2D eigenvalue weighted by atomic mass is 9.99. The minimum Gasteiger partial charge on any atom is -0.185 e. The molecule has 46 valence electrons. The van der Waals surface area contributed by atoms with Gasteiger partial charge in [-0.2, -0.15) is 5.53 Å². The van der Waals surface area contributed by atoms with Crippen molar-refractivity contribution in [2.24, 2.45) is 15.7 Å². The van der Waals surface area contributed by atoms with Gasteiger partial charge in [0.05, 0.1) is 0 Å². The van der Waals surface area contributed by atoms with Crippen molar-refractivity contribution in [1.82, 2.24) is 0 Å². The predicted octanol–water partition coefficient (Wildman–Crippen LogP) is 2.05. The van der Waals surface area contributed by atoms with Gasteiger partial charge >= 0.3 is 0 Å². The van der Waals surface area contributed by atoms with E-state index in [2.05, 4.69) is 10.3 Å². The van der Waals surface area contributed by atoms with Crippen LogP contribution in [-0.2, 0) is 0 Å². The van der Waals surface area contributed by atoms with Gasteiger partial charge in [0, 0.05) is 6.21 Å². The molecule has 3 heteroatoms. The van der Waals surface area contributed by atoms with Gasteiger partial charge in [0.25, 0.3) is 0 Å². The predicted molar refractivity (Wildman–Crippen MR) is 33.1 cm³/mol. The first-order valence-corrected chi connectivity index (χ1v) is 2.47. The van der Waals surface area contributed by atoms with Gasteiger partial charge in [-0.15, -0.1) is 5.10 Å². The normalized spacial score (nSPS) is 12.4. The van der Waals surface area contributed by atoms with Crippen LogP contribution in [0.1, 0.15) is 20.8 Å². The number of hydrogen-bond donors (Lipinski definition) is 1. The van der Waals surface area contributed by atoms with E-state index in [1.807, 2.05) is 20.8 Å². The third-order valence-electron chi connectivity index (χ3n) is 0.503. The molecule has 0 rings (SSSR count). The van der Waals surface area contributed by atoms with Crippen molar-refractivity contribution in [3.63, 3.8) is 0 Å². The average Bonchev–Trinajstić information content (AvgIpc) is 1.59. The van der Waals surface area contributed by atoms with E-state index in [0.29, 0.717) is 0 Å². The Balaban J connectivity index is 3.69. The molecule has 0 saturated heterocycles. The van der Waals surface area contributed by atoms with Crippen LogP contribution in [0.2, 0.25) is 0 Å². The second-order valence-corrected chi connectivity index (χ2v) is 2.71. The summed E-state index contributed by atoms with van der Waals surface area (Å²) in [6, 6.07) is 0. The van der Waals surface area contributed by atoms with Gasteiger partial charge in [0.15, 0.2) is 0 Å². The van der Waals surface area contributed by atoms with Gasteiger partial charge in [0.2, 0.25) is 0 Å². The van der Waals surface area contributed by atoms with E-state index in [1.54, 1.807) is 6.21 Å². The second kappa shape index (κ2) is 2.55. The zero-order valence-corrected chi connectivity index (χ0v) is 5.47. The Morgan fingerprint density at radius 3 is 2.00 bits per heavy atom. The molecule has 0 radical (unpaired) electrons. The number of nitrogens with one attached hydrogen (secondary N) is 1. The Hall–Kier alpha value is -0.730. The quantitative estimate of drug-likeness (QED) is 0.307. The molecule has 3 nitrogen and oxygen atoms in total. The van der Waals surface area contributed by atoms with E-state index >= 15 is 0 Å². The highest BCUT2D eigenvalue weighted by atomic mass is 15.3. The molecule has 0 aromatic carbocycles. The van der Waals surface area contributed by atoms with E-state index in [1.165, 1.54) is 0 Å². The van der Waals surface area contributed by atoms with Crippen molar-refractivity contribution in [3.05, 3.63) is 0 Å². The summed E-state index contributed by atoms with van der Waals surface area (Å²) < 4.78 is 0. The minimum absolute atomic E-state index is 0.0462. The number of hydrogen-bond acceptors (Lipinski definition) is 2. The largest absolute Gasteiger partial charge is 0.185 e. The number of rotatable bonds is 1. The lowest BCUT2D eigenvalue weighted by Crippen LogP contribution is -2.04. The monoisotopic (exact) mass is 113 g/mol. The standard InChI is InChI=1S/C5H11N3/c1-5(2,3)4-7-8-6/h4,6H,1-3H3/b7-4+,8-6?. The summed E-state index contributed by atoms with van der Waals surface area (Å²) in [7, 11) is 0. The van der Waals surface area contributed by atoms with Crippen molar-refractivity contribution < 1.29 is 0 Å². The van der Waals surface area contributed by atoms with E-state index in [9.17, 15) is 0 Å². The summed E-state index contributed by atoms with van der Waals surface area (Å²) in [5, 5.41) is 6.25. The van der Waals surface area contributed by atoms with E-state index < -0.39 is 0 Å². The van der Waals surface area contributed by atoms with Crippen molar-refractivity contribution in [2.45, 2.75) is 20.8 Å². The molecule has 0 bridgehead atoms. The smallest absolute Gasteiger partial charge is 0.0341 e. The van der Waals surface area contributed by atoms with Crippen LogP contribution >= 0.6 is 0 Å². The maximum Gasteiger partial charge on any atom is 0.0341 e. The lowest BCUT2D eigenvalue weighted by molar-refractivity contribution is 0.603. The molecule has 8 heavy (non-hydrogen) atoms. The Kier molecular flexibility index (Phi) is 2.31. The molecule has 0 aromatic rings. The minimum atomic E-state index is 0.0462. The molecule has 0 saturated carbocycles. The molecule has 0 aromatic heterocycles. The van der Waals surface area contributed by atoms with E-state index in [4.69, 9.17) is 5.53 Å². The lowest BCUT2D eigenvalue weighted by Gasteiger charge is -2.07. The van der Waals surface area contributed by atoms with Gasteiger partial charge in [-0.3, -0.25) is 0 Å². The van der Waals surface area contributed by atoms with Gasteiger partial charge in [0.1, 0.15) is 0 Å². The fourth-order valence-corrected chi connectivity index (χ4v) is 0.202.